The maximum atomic E-state index is 12.1. The maximum Gasteiger partial charge on any atom is 0.270 e. The van der Waals surface area contributed by atoms with Crippen molar-refractivity contribution >= 4 is 17.2 Å². The normalized spacial score (nSPS) is 10.7. The van der Waals surface area contributed by atoms with E-state index in [1.807, 2.05) is 35.9 Å². The first-order valence-corrected chi connectivity index (χ1v) is 7.00. The molecule has 1 aromatic carbocycles. The molecule has 0 fully saturated rings. The summed E-state index contributed by atoms with van der Waals surface area (Å²) >= 11 is 0. The van der Waals surface area contributed by atoms with Crippen LogP contribution in [0.1, 0.15) is 21.6 Å². The van der Waals surface area contributed by atoms with E-state index in [4.69, 9.17) is 0 Å². The van der Waals surface area contributed by atoms with E-state index in [-0.39, 0.29) is 23.7 Å². The van der Waals surface area contributed by atoms with Crippen molar-refractivity contribution in [2.75, 3.05) is 0 Å². The Balaban J connectivity index is 1.72. The van der Waals surface area contributed by atoms with Gasteiger partial charge in [0.25, 0.3) is 11.6 Å². The number of carbonyl (C=O) groups is 1. The number of imidazole rings is 1. The first-order chi connectivity index (χ1) is 11.0. The number of aryl methyl sites for hydroxylation is 1. The van der Waals surface area contributed by atoms with Gasteiger partial charge in [0.2, 0.25) is 0 Å². The Morgan fingerprint density at radius 1 is 1.35 bits per heavy atom. The van der Waals surface area contributed by atoms with Gasteiger partial charge in [-0.05, 0) is 30.7 Å². The zero-order valence-corrected chi connectivity index (χ0v) is 12.4. The number of fused-ring (bicyclic) bond motifs is 1. The second-order valence-corrected chi connectivity index (χ2v) is 5.19. The Hall–Kier alpha value is -3.22. The number of carbonyl (C=O) groups excluding carboxylic acids is 1. The third-order valence-corrected chi connectivity index (χ3v) is 3.41. The fraction of sp³-hybridized carbons (Fsp3) is 0.125. The second-order valence-electron chi connectivity index (χ2n) is 5.19. The Bertz CT molecular complexity index is 901. The van der Waals surface area contributed by atoms with Crippen molar-refractivity contribution in [3.8, 4) is 0 Å². The van der Waals surface area contributed by atoms with Gasteiger partial charge < -0.3 is 9.72 Å². The third kappa shape index (κ3) is 3.18. The third-order valence-electron chi connectivity index (χ3n) is 3.41. The van der Waals surface area contributed by atoms with Crippen LogP contribution in [0.5, 0.6) is 0 Å². The van der Waals surface area contributed by atoms with Gasteiger partial charge in [-0.25, -0.2) is 4.98 Å². The summed E-state index contributed by atoms with van der Waals surface area (Å²) < 4.78 is 1.88. The molecule has 7 nitrogen and oxygen atoms in total. The average Bonchev–Trinajstić information content (AvgIpc) is 2.94. The molecule has 3 rings (SSSR count). The maximum absolute atomic E-state index is 12.1. The highest BCUT2D eigenvalue weighted by atomic mass is 16.6. The fourth-order valence-electron chi connectivity index (χ4n) is 2.26. The van der Waals surface area contributed by atoms with E-state index < -0.39 is 4.92 Å². The smallest absolute Gasteiger partial charge is 0.270 e. The molecule has 2 heterocycles. The zero-order valence-electron chi connectivity index (χ0n) is 12.4. The van der Waals surface area contributed by atoms with Crippen LogP contribution >= 0.6 is 0 Å². The molecule has 0 unspecified atom stereocenters. The largest absolute Gasteiger partial charge is 0.346 e. The number of rotatable bonds is 4. The lowest BCUT2D eigenvalue weighted by molar-refractivity contribution is -0.384. The van der Waals surface area contributed by atoms with Gasteiger partial charge in [-0.15, -0.1) is 0 Å². The number of hydrogen-bond acceptors (Lipinski definition) is 4. The molecular weight excluding hydrogens is 296 g/mol. The highest BCUT2D eigenvalue weighted by molar-refractivity contribution is 5.94. The molecule has 0 aliphatic rings. The first-order valence-electron chi connectivity index (χ1n) is 7.00. The van der Waals surface area contributed by atoms with Gasteiger partial charge in [-0.2, -0.15) is 0 Å². The van der Waals surface area contributed by atoms with Crippen LogP contribution in [0.25, 0.3) is 5.65 Å². The number of benzene rings is 1. The van der Waals surface area contributed by atoms with Gasteiger partial charge >= 0.3 is 0 Å². The predicted molar refractivity (Wildman–Crippen MR) is 84.2 cm³/mol. The standard InChI is InChI=1S/C16H14N4O3/c1-11-5-6-19-10-13(18-15(19)7-11)9-17-16(21)12-3-2-4-14(8-12)20(22)23/h2-8,10H,9H2,1H3,(H,17,21). The molecule has 1 amide bonds. The highest BCUT2D eigenvalue weighted by Gasteiger charge is 2.11. The van der Waals surface area contributed by atoms with Crippen LogP contribution in [-0.4, -0.2) is 20.2 Å². The van der Waals surface area contributed by atoms with Crippen molar-refractivity contribution in [1.82, 2.24) is 14.7 Å². The van der Waals surface area contributed by atoms with Crippen molar-refractivity contribution < 1.29 is 9.72 Å². The van der Waals surface area contributed by atoms with Gasteiger partial charge in [-0.3, -0.25) is 14.9 Å². The molecule has 0 spiro atoms. The fourth-order valence-corrected chi connectivity index (χ4v) is 2.26. The first kappa shape index (κ1) is 14.7. The number of amides is 1. The molecule has 0 atom stereocenters. The van der Waals surface area contributed by atoms with Crippen LogP contribution in [0.4, 0.5) is 5.69 Å². The molecule has 0 aliphatic heterocycles. The van der Waals surface area contributed by atoms with Gasteiger partial charge in [-0.1, -0.05) is 6.07 Å². The topological polar surface area (TPSA) is 89.5 Å². The molecule has 2 aromatic heterocycles. The van der Waals surface area contributed by atoms with E-state index in [1.165, 1.54) is 24.3 Å². The van der Waals surface area contributed by atoms with Crippen LogP contribution in [0.2, 0.25) is 0 Å². The van der Waals surface area contributed by atoms with E-state index in [0.717, 1.165) is 16.9 Å². The Morgan fingerprint density at radius 2 is 2.17 bits per heavy atom. The van der Waals surface area contributed by atoms with Crippen molar-refractivity contribution in [3.05, 3.63) is 75.7 Å². The second kappa shape index (κ2) is 5.88. The molecular formula is C16H14N4O3. The van der Waals surface area contributed by atoms with Gasteiger partial charge in [0, 0.05) is 30.1 Å². The molecule has 23 heavy (non-hydrogen) atoms. The van der Waals surface area contributed by atoms with Crippen LogP contribution in [-0.2, 0) is 6.54 Å². The molecule has 1 N–H and O–H groups in total. The lowest BCUT2D eigenvalue weighted by atomic mass is 10.2. The number of non-ortho nitro benzene ring substituents is 1. The summed E-state index contributed by atoms with van der Waals surface area (Å²) in [5, 5.41) is 13.5. The molecule has 3 aromatic rings. The minimum absolute atomic E-state index is 0.110. The summed E-state index contributed by atoms with van der Waals surface area (Å²) in [4.78, 5) is 26.7. The SMILES string of the molecule is Cc1ccn2cc(CNC(=O)c3cccc([N+](=O)[O-])c3)nc2c1. The van der Waals surface area contributed by atoms with Crippen molar-refractivity contribution in [1.29, 1.82) is 0 Å². The van der Waals surface area contributed by atoms with Crippen molar-refractivity contribution in [2.45, 2.75) is 13.5 Å². The van der Waals surface area contributed by atoms with E-state index >= 15 is 0 Å². The van der Waals surface area contributed by atoms with Crippen molar-refractivity contribution in [2.24, 2.45) is 0 Å². The number of nitro benzene ring substituents is 1. The van der Waals surface area contributed by atoms with Crippen LogP contribution < -0.4 is 5.32 Å². The molecule has 0 aliphatic carbocycles. The van der Waals surface area contributed by atoms with E-state index in [0.29, 0.717) is 0 Å². The Kier molecular flexibility index (Phi) is 3.76. The lowest BCUT2D eigenvalue weighted by Crippen LogP contribution is -2.23. The highest BCUT2D eigenvalue weighted by Crippen LogP contribution is 2.13. The molecule has 7 heteroatoms. The minimum atomic E-state index is -0.527. The summed E-state index contributed by atoms with van der Waals surface area (Å²) in [6.45, 7) is 2.24. The number of hydrogen-bond donors (Lipinski definition) is 1. The van der Waals surface area contributed by atoms with Gasteiger partial charge in [0.1, 0.15) is 5.65 Å². The monoisotopic (exact) mass is 310 g/mol. The predicted octanol–water partition coefficient (Wildman–Crippen LogP) is 2.48. The van der Waals surface area contributed by atoms with E-state index in [1.54, 1.807) is 0 Å². The number of nitrogens with zero attached hydrogens (tertiary/aromatic N) is 3. The van der Waals surface area contributed by atoms with Gasteiger partial charge in [0.05, 0.1) is 17.2 Å². The molecule has 0 bridgehead atoms. The van der Waals surface area contributed by atoms with E-state index in [9.17, 15) is 14.9 Å². The van der Waals surface area contributed by atoms with Gasteiger partial charge in [0.15, 0.2) is 0 Å². The Morgan fingerprint density at radius 3 is 2.96 bits per heavy atom. The van der Waals surface area contributed by atoms with Crippen LogP contribution in [0, 0.1) is 17.0 Å². The van der Waals surface area contributed by atoms with Crippen LogP contribution in [0.15, 0.2) is 48.8 Å². The molecule has 0 saturated heterocycles. The summed E-state index contributed by atoms with van der Waals surface area (Å²) in [5.41, 5.74) is 2.77. The van der Waals surface area contributed by atoms with Crippen molar-refractivity contribution in [3.63, 3.8) is 0 Å². The number of aromatic nitrogens is 2. The zero-order chi connectivity index (χ0) is 16.4. The summed E-state index contributed by atoms with van der Waals surface area (Å²) in [5.74, 6) is -0.373. The summed E-state index contributed by atoms with van der Waals surface area (Å²) in [7, 11) is 0. The summed E-state index contributed by atoms with van der Waals surface area (Å²) in [6.07, 6.45) is 3.74. The minimum Gasteiger partial charge on any atom is -0.346 e. The average molecular weight is 310 g/mol. The summed E-state index contributed by atoms with van der Waals surface area (Å²) in [6, 6.07) is 9.55. The number of pyridine rings is 1. The molecule has 0 radical (unpaired) electrons. The quantitative estimate of drug-likeness (QED) is 0.592. The van der Waals surface area contributed by atoms with E-state index in [2.05, 4.69) is 10.3 Å². The van der Waals surface area contributed by atoms with Crippen LogP contribution in [0.3, 0.4) is 0 Å². The molecule has 0 saturated carbocycles. The molecule has 116 valence electrons. The number of nitrogens with one attached hydrogen (secondary N) is 1. The number of nitro groups is 1. The lowest BCUT2D eigenvalue weighted by Gasteiger charge is -2.03. The Labute approximate surface area is 131 Å².